The Balaban J connectivity index is 2.56. The van der Waals surface area contributed by atoms with E-state index in [-0.39, 0.29) is 11.9 Å². The zero-order chi connectivity index (χ0) is 19.3. The number of amides is 1. The van der Waals surface area contributed by atoms with Crippen LogP contribution in [0, 0.1) is 12.8 Å². The van der Waals surface area contributed by atoms with Crippen LogP contribution in [0.5, 0.6) is 5.75 Å². The van der Waals surface area contributed by atoms with E-state index in [1.54, 1.807) is 6.92 Å². The van der Waals surface area contributed by atoms with Gasteiger partial charge in [0.2, 0.25) is 5.95 Å². The number of aryl methyl sites for hydroxylation is 1. The fourth-order valence-corrected chi connectivity index (χ4v) is 2.89. The van der Waals surface area contributed by atoms with Crippen LogP contribution in [0.3, 0.4) is 0 Å². The van der Waals surface area contributed by atoms with Crippen LogP contribution in [0.4, 0.5) is 5.95 Å². The van der Waals surface area contributed by atoms with Crippen molar-refractivity contribution in [3.05, 3.63) is 33.9 Å². The summed E-state index contributed by atoms with van der Waals surface area (Å²) in [6.07, 6.45) is 0.934. The van der Waals surface area contributed by atoms with Crippen molar-refractivity contribution in [3.63, 3.8) is 0 Å². The summed E-state index contributed by atoms with van der Waals surface area (Å²) in [4.78, 5) is 21.1. The summed E-state index contributed by atoms with van der Waals surface area (Å²) in [5, 5.41) is 2.81. The summed E-state index contributed by atoms with van der Waals surface area (Å²) in [7, 11) is 0. The quantitative estimate of drug-likeness (QED) is 0.706. The van der Waals surface area contributed by atoms with Gasteiger partial charge in [-0.2, -0.15) is 0 Å². The molecule has 140 valence electrons. The van der Waals surface area contributed by atoms with E-state index in [9.17, 15) is 4.79 Å². The number of carbonyl (C=O) groups is 1. The van der Waals surface area contributed by atoms with Crippen LogP contribution in [0.2, 0.25) is 0 Å². The number of ether oxygens (including phenoxy) is 1. The van der Waals surface area contributed by atoms with Gasteiger partial charge in [0.15, 0.2) is 0 Å². The zero-order valence-electron chi connectivity index (χ0n) is 15.6. The molecule has 0 saturated heterocycles. The summed E-state index contributed by atoms with van der Waals surface area (Å²) < 4.78 is 6.84. The van der Waals surface area contributed by atoms with E-state index in [2.05, 4.69) is 45.1 Å². The average Bonchev–Trinajstić information content (AvgIpc) is 2.55. The molecule has 0 aliphatic carbocycles. The third kappa shape index (κ3) is 4.94. The number of carbonyl (C=O) groups excluding carboxylic acids is 1. The molecule has 0 saturated carbocycles. The number of hydrogen-bond acceptors (Lipinski definition) is 5. The number of hydrogen-bond donors (Lipinski definition) is 2. The minimum absolute atomic E-state index is 0.124. The van der Waals surface area contributed by atoms with E-state index in [0.29, 0.717) is 47.3 Å². The Morgan fingerprint density at radius 2 is 2.08 bits per heavy atom. The number of nitrogen functional groups attached to an aromatic ring is 1. The fourth-order valence-electron chi connectivity index (χ4n) is 2.53. The summed E-state index contributed by atoms with van der Waals surface area (Å²) in [6.45, 7) is 9.01. The molecule has 1 aromatic heterocycles. The van der Waals surface area contributed by atoms with Crippen molar-refractivity contribution in [1.82, 2.24) is 15.3 Å². The average molecular weight is 421 g/mol. The van der Waals surface area contributed by atoms with Crippen LogP contribution in [0.1, 0.15) is 43.2 Å². The highest BCUT2D eigenvalue weighted by molar-refractivity contribution is 9.10. The van der Waals surface area contributed by atoms with Crippen LogP contribution in [-0.2, 0) is 0 Å². The van der Waals surface area contributed by atoms with Gasteiger partial charge in [0.05, 0.1) is 23.6 Å². The van der Waals surface area contributed by atoms with Gasteiger partial charge in [-0.1, -0.05) is 29.8 Å². The molecule has 0 aliphatic heterocycles. The van der Waals surface area contributed by atoms with Crippen LogP contribution < -0.4 is 15.8 Å². The third-order valence-electron chi connectivity index (χ3n) is 3.82. The molecule has 1 heterocycles. The second kappa shape index (κ2) is 8.98. The Morgan fingerprint density at radius 3 is 2.73 bits per heavy atom. The monoisotopic (exact) mass is 420 g/mol. The summed E-state index contributed by atoms with van der Waals surface area (Å²) in [5.41, 5.74) is 7.99. The van der Waals surface area contributed by atoms with Gasteiger partial charge in [-0.05, 0) is 44.4 Å². The van der Waals surface area contributed by atoms with Crippen molar-refractivity contribution in [2.75, 3.05) is 18.9 Å². The molecule has 0 aliphatic rings. The number of halogens is 1. The normalized spacial score (nSPS) is 10.8. The van der Waals surface area contributed by atoms with Crippen LogP contribution in [-0.4, -0.2) is 29.0 Å². The van der Waals surface area contributed by atoms with Crippen LogP contribution in [0.15, 0.2) is 22.7 Å². The lowest BCUT2D eigenvalue weighted by molar-refractivity contribution is 0.0955. The first-order valence-corrected chi connectivity index (χ1v) is 9.47. The second-order valence-corrected chi connectivity index (χ2v) is 7.34. The van der Waals surface area contributed by atoms with E-state index < -0.39 is 0 Å². The zero-order valence-corrected chi connectivity index (χ0v) is 17.2. The van der Waals surface area contributed by atoms with Crippen molar-refractivity contribution in [2.45, 2.75) is 34.1 Å². The smallest absolute Gasteiger partial charge is 0.255 e. The highest BCUT2D eigenvalue weighted by atomic mass is 79.9. The molecule has 26 heavy (non-hydrogen) atoms. The molecule has 0 spiro atoms. The Kier molecular flexibility index (Phi) is 6.97. The Hall–Kier alpha value is -2.15. The number of anilines is 1. The minimum atomic E-state index is -0.229. The highest BCUT2D eigenvalue weighted by Crippen LogP contribution is 2.35. The molecule has 6 nitrogen and oxygen atoms in total. The molecular weight excluding hydrogens is 396 g/mol. The van der Waals surface area contributed by atoms with Gasteiger partial charge < -0.3 is 15.8 Å². The number of nitrogens with one attached hydrogen (secondary N) is 1. The highest BCUT2D eigenvalue weighted by Gasteiger charge is 2.22. The summed E-state index contributed by atoms with van der Waals surface area (Å²) in [6, 6.07) is 5.65. The SMILES string of the molecule is CCNC(=O)c1c(C)nc(N)nc1-c1cc(Br)ccc1OCCC(C)C. The van der Waals surface area contributed by atoms with E-state index in [4.69, 9.17) is 10.5 Å². The van der Waals surface area contributed by atoms with Crippen molar-refractivity contribution >= 4 is 27.8 Å². The molecule has 1 aromatic carbocycles. The fraction of sp³-hybridized carbons (Fsp3) is 0.421. The summed E-state index contributed by atoms with van der Waals surface area (Å²) in [5.74, 6) is 1.10. The van der Waals surface area contributed by atoms with Crippen LogP contribution >= 0.6 is 15.9 Å². The molecule has 0 fully saturated rings. The molecule has 1 amide bonds. The van der Waals surface area contributed by atoms with E-state index in [1.165, 1.54) is 0 Å². The maximum atomic E-state index is 12.6. The van der Waals surface area contributed by atoms with Crippen LogP contribution in [0.25, 0.3) is 11.3 Å². The molecule has 0 radical (unpaired) electrons. The van der Waals surface area contributed by atoms with E-state index in [0.717, 1.165) is 10.9 Å². The topological polar surface area (TPSA) is 90.1 Å². The number of aromatic nitrogens is 2. The summed E-state index contributed by atoms with van der Waals surface area (Å²) >= 11 is 3.48. The number of rotatable bonds is 7. The largest absolute Gasteiger partial charge is 0.493 e. The predicted octanol–water partition coefficient (Wildman–Crippen LogP) is 3.97. The Labute approximate surface area is 162 Å². The molecular formula is C19H25BrN4O2. The van der Waals surface area contributed by atoms with Gasteiger partial charge in [-0.3, -0.25) is 4.79 Å². The van der Waals surface area contributed by atoms with Gasteiger partial charge in [0.1, 0.15) is 5.75 Å². The molecule has 0 bridgehead atoms. The third-order valence-corrected chi connectivity index (χ3v) is 4.31. The maximum absolute atomic E-state index is 12.6. The standard InChI is InChI=1S/C19H25BrN4O2/c1-5-22-18(25)16-12(4)23-19(21)24-17(16)14-10-13(20)6-7-15(14)26-9-8-11(2)3/h6-7,10-11H,5,8-9H2,1-4H3,(H,22,25)(H2,21,23,24). The number of nitrogens with two attached hydrogens (primary N) is 1. The lowest BCUT2D eigenvalue weighted by Crippen LogP contribution is -2.25. The van der Waals surface area contributed by atoms with Crippen molar-refractivity contribution in [2.24, 2.45) is 5.92 Å². The number of benzene rings is 1. The first-order valence-electron chi connectivity index (χ1n) is 8.68. The van der Waals surface area contributed by atoms with Gasteiger partial charge in [-0.25, -0.2) is 9.97 Å². The Morgan fingerprint density at radius 1 is 1.35 bits per heavy atom. The van der Waals surface area contributed by atoms with Gasteiger partial charge in [0.25, 0.3) is 5.91 Å². The van der Waals surface area contributed by atoms with Crippen molar-refractivity contribution in [1.29, 1.82) is 0 Å². The lowest BCUT2D eigenvalue weighted by atomic mass is 10.0. The van der Waals surface area contributed by atoms with Gasteiger partial charge in [-0.15, -0.1) is 0 Å². The molecule has 0 unspecified atom stereocenters. The molecule has 2 rings (SSSR count). The van der Waals surface area contributed by atoms with Gasteiger partial charge in [0, 0.05) is 16.6 Å². The predicted molar refractivity (Wildman–Crippen MR) is 107 cm³/mol. The van der Waals surface area contributed by atoms with Gasteiger partial charge >= 0.3 is 0 Å². The minimum Gasteiger partial charge on any atom is -0.493 e. The Bertz CT molecular complexity index is 793. The van der Waals surface area contributed by atoms with Crippen molar-refractivity contribution < 1.29 is 9.53 Å². The molecule has 7 heteroatoms. The van der Waals surface area contributed by atoms with E-state index in [1.807, 2.05) is 25.1 Å². The van der Waals surface area contributed by atoms with Crippen molar-refractivity contribution in [3.8, 4) is 17.0 Å². The number of nitrogens with zero attached hydrogens (tertiary/aromatic N) is 2. The lowest BCUT2D eigenvalue weighted by Gasteiger charge is -2.16. The first-order chi connectivity index (χ1) is 12.3. The second-order valence-electron chi connectivity index (χ2n) is 6.42. The first kappa shape index (κ1) is 20.2. The van der Waals surface area contributed by atoms with E-state index >= 15 is 0 Å². The maximum Gasteiger partial charge on any atom is 0.255 e. The molecule has 0 atom stereocenters. The molecule has 3 N–H and O–H groups in total. The molecule has 2 aromatic rings.